The maximum atomic E-state index is 10.1. The molecule has 0 atom stereocenters. The van der Waals surface area contributed by atoms with Crippen LogP contribution in [0.15, 0.2) is 12.2 Å². The topological polar surface area (TPSA) is 63.3 Å². The van der Waals surface area contributed by atoms with Gasteiger partial charge in [0.15, 0.2) is 0 Å². The van der Waals surface area contributed by atoms with Gasteiger partial charge in [-0.05, 0) is 20.3 Å². The Bertz CT molecular complexity index is 156. The molecule has 3 nitrogen and oxygen atoms in total. The summed E-state index contributed by atoms with van der Waals surface area (Å²) in [4.78, 5) is 10.1. The summed E-state index contributed by atoms with van der Waals surface area (Å²) in [5, 5.41) is 8.28. The van der Waals surface area contributed by atoms with Crippen LogP contribution in [-0.4, -0.2) is 16.6 Å². The molecule has 0 aliphatic heterocycles. The van der Waals surface area contributed by atoms with Crippen LogP contribution in [0.3, 0.4) is 0 Å². The van der Waals surface area contributed by atoms with E-state index in [1.807, 2.05) is 19.9 Å². The Labute approximate surface area is 66.9 Å². The molecule has 0 unspecified atom stereocenters. The number of hydrogen-bond acceptors (Lipinski definition) is 2. The second-order valence-electron chi connectivity index (χ2n) is 3.16. The minimum absolute atomic E-state index is 0.173. The van der Waals surface area contributed by atoms with Crippen LogP contribution in [0.4, 0.5) is 0 Å². The van der Waals surface area contributed by atoms with Crippen LogP contribution in [0.25, 0.3) is 0 Å². The van der Waals surface area contributed by atoms with E-state index in [1.54, 1.807) is 6.08 Å². The van der Waals surface area contributed by atoms with Crippen molar-refractivity contribution in [3.8, 4) is 0 Å². The fourth-order valence-corrected chi connectivity index (χ4v) is 0.594. The Morgan fingerprint density at radius 3 is 2.55 bits per heavy atom. The monoisotopic (exact) mass is 157 g/mol. The molecule has 0 amide bonds. The molecule has 0 aromatic carbocycles. The van der Waals surface area contributed by atoms with Gasteiger partial charge in [0.05, 0.1) is 0 Å². The highest BCUT2D eigenvalue weighted by molar-refractivity contribution is 5.66. The van der Waals surface area contributed by atoms with Crippen LogP contribution in [-0.2, 0) is 4.79 Å². The van der Waals surface area contributed by atoms with Gasteiger partial charge in [-0.15, -0.1) is 0 Å². The summed E-state index contributed by atoms with van der Waals surface area (Å²) in [7, 11) is 0. The van der Waals surface area contributed by atoms with Crippen molar-refractivity contribution in [2.75, 3.05) is 0 Å². The molecule has 64 valence electrons. The molecule has 0 saturated carbocycles. The Kier molecular flexibility index (Phi) is 3.82. The predicted molar refractivity (Wildman–Crippen MR) is 44.3 cm³/mol. The van der Waals surface area contributed by atoms with Crippen molar-refractivity contribution in [3.05, 3.63) is 12.2 Å². The van der Waals surface area contributed by atoms with Gasteiger partial charge < -0.3 is 10.8 Å². The number of rotatable bonds is 4. The summed E-state index contributed by atoms with van der Waals surface area (Å²) in [5.41, 5.74) is 5.28. The number of aliphatic carboxylic acids is 1. The van der Waals surface area contributed by atoms with E-state index in [1.165, 1.54) is 0 Å². The number of hydrogen-bond donors (Lipinski definition) is 2. The molecule has 0 rings (SSSR count). The van der Waals surface area contributed by atoms with Gasteiger partial charge in [-0.1, -0.05) is 12.2 Å². The van der Waals surface area contributed by atoms with Gasteiger partial charge in [0.2, 0.25) is 0 Å². The SMILES string of the molecule is CC(C)(N)/C=C/CCC(=O)O. The first-order valence-electron chi connectivity index (χ1n) is 3.60. The van der Waals surface area contributed by atoms with Gasteiger partial charge in [-0.2, -0.15) is 0 Å². The first-order valence-corrected chi connectivity index (χ1v) is 3.60. The van der Waals surface area contributed by atoms with E-state index in [0.717, 1.165) is 0 Å². The summed E-state index contributed by atoms with van der Waals surface area (Å²) in [6.07, 6.45) is 4.34. The van der Waals surface area contributed by atoms with Gasteiger partial charge in [0, 0.05) is 12.0 Å². The summed E-state index contributed by atoms with van der Waals surface area (Å²) in [6.45, 7) is 3.73. The maximum absolute atomic E-state index is 10.1. The third-order valence-electron chi connectivity index (χ3n) is 1.07. The minimum Gasteiger partial charge on any atom is -0.481 e. The Morgan fingerprint density at radius 1 is 1.64 bits per heavy atom. The first kappa shape index (κ1) is 10.2. The van der Waals surface area contributed by atoms with Gasteiger partial charge in [-0.25, -0.2) is 0 Å². The average molecular weight is 157 g/mol. The second kappa shape index (κ2) is 4.13. The standard InChI is InChI=1S/C8H15NO2/c1-8(2,9)6-4-3-5-7(10)11/h4,6H,3,5,9H2,1-2H3,(H,10,11)/b6-4+. The lowest BCUT2D eigenvalue weighted by atomic mass is 10.1. The van der Waals surface area contributed by atoms with Crippen LogP contribution in [0.5, 0.6) is 0 Å². The van der Waals surface area contributed by atoms with E-state index >= 15 is 0 Å². The van der Waals surface area contributed by atoms with Gasteiger partial charge in [0.25, 0.3) is 0 Å². The molecular formula is C8H15NO2. The average Bonchev–Trinajstić information content (AvgIpc) is 1.78. The molecule has 0 spiro atoms. The molecule has 11 heavy (non-hydrogen) atoms. The molecule has 3 N–H and O–H groups in total. The zero-order chi connectivity index (χ0) is 8.91. The predicted octanol–water partition coefficient (Wildman–Crippen LogP) is 1.14. The van der Waals surface area contributed by atoms with E-state index in [2.05, 4.69) is 0 Å². The van der Waals surface area contributed by atoms with Crippen molar-refractivity contribution < 1.29 is 9.90 Å². The number of carboxylic acid groups (broad SMARTS) is 1. The molecule has 0 aromatic heterocycles. The van der Waals surface area contributed by atoms with E-state index in [-0.39, 0.29) is 12.0 Å². The molecule has 0 radical (unpaired) electrons. The largest absolute Gasteiger partial charge is 0.481 e. The van der Waals surface area contributed by atoms with Gasteiger partial charge >= 0.3 is 5.97 Å². The molecule has 0 aliphatic rings. The molecule has 0 aliphatic carbocycles. The van der Waals surface area contributed by atoms with E-state index in [9.17, 15) is 4.79 Å². The number of allylic oxidation sites excluding steroid dienone is 1. The van der Waals surface area contributed by atoms with Crippen LogP contribution >= 0.6 is 0 Å². The number of nitrogens with two attached hydrogens (primary N) is 1. The van der Waals surface area contributed by atoms with E-state index in [4.69, 9.17) is 10.8 Å². The van der Waals surface area contributed by atoms with Crippen LogP contribution < -0.4 is 5.73 Å². The second-order valence-corrected chi connectivity index (χ2v) is 3.16. The molecule has 0 bridgehead atoms. The van der Waals surface area contributed by atoms with E-state index in [0.29, 0.717) is 6.42 Å². The molecular weight excluding hydrogens is 142 g/mol. The Morgan fingerprint density at radius 2 is 2.18 bits per heavy atom. The minimum atomic E-state index is -0.774. The number of carboxylic acids is 1. The quantitative estimate of drug-likeness (QED) is 0.601. The van der Waals surface area contributed by atoms with Crippen LogP contribution in [0.2, 0.25) is 0 Å². The summed E-state index contributed by atoms with van der Waals surface area (Å²) in [6, 6.07) is 0. The van der Waals surface area contributed by atoms with Crippen molar-refractivity contribution >= 4 is 5.97 Å². The van der Waals surface area contributed by atoms with Gasteiger partial charge in [-0.3, -0.25) is 4.79 Å². The number of carbonyl (C=O) groups is 1. The lowest BCUT2D eigenvalue weighted by Gasteiger charge is -2.10. The summed E-state index contributed by atoms with van der Waals surface area (Å²) in [5.74, 6) is -0.774. The Hall–Kier alpha value is -0.830. The molecule has 0 heterocycles. The van der Waals surface area contributed by atoms with E-state index < -0.39 is 5.97 Å². The zero-order valence-electron chi connectivity index (χ0n) is 7.00. The van der Waals surface area contributed by atoms with Crippen molar-refractivity contribution in [2.24, 2.45) is 5.73 Å². The van der Waals surface area contributed by atoms with Crippen LogP contribution in [0.1, 0.15) is 26.7 Å². The van der Waals surface area contributed by atoms with Crippen molar-refractivity contribution in [3.63, 3.8) is 0 Å². The highest BCUT2D eigenvalue weighted by Gasteiger charge is 2.03. The maximum Gasteiger partial charge on any atom is 0.303 e. The zero-order valence-corrected chi connectivity index (χ0v) is 7.00. The third-order valence-corrected chi connectivity index (χ3v) is 1.07. The molecule has 3 heteroatoms. The highest BCUT2D eigenvalue weighted by Crippen LogP contribution is 2.00. The van der Waals surface area contributed by atoms with Crippen LogP contribution in [0, 0.1) is 0 Å². The van der Waals surface area contributed by atoms with Crippen molar-refractivity contribution in [1.29, 1.82) is 0 Å². The van der Waals surface area contributed by atoms with Crippen molar-refractivity contribution in [1.82, 2.24) is 0 Å². The fourth-order valence-electron chi connectivity index (χ4n) is 0.594. The normalized spacial score (nSPS) is 12.3. The molecule has 0 saturated heterocycles. The lowest BCUT2D eigenvalue weighted by Crippen LogP contribution is -2.28. The summed E-state index contributed by atoms with van der Waals surface area (Å²) >= 11 is 0. The molecule has 0 aromatic rings. The third kappa shape index (κ3) is 9.17. The lowest BCUT2D eigenvalue weighted by molar-refractivity contribution is -0.136. The molecule has 0 fully saturated rings. The van der Waals surface area contributed by atoms with Gasteiger partial charge in [0.1, 0.15) is 0 Å². The van der Waals surface area contributed by atoms with Crippen molar-refractivity contribution in [2.45, 2.75) is 32.2 Å². The summed E-state index contributed by atoms with van der Waals surface area (Å²) < 4.78 is 0. The smallest absolute Gasteiger partial charge is 0.303 e. The first-order chi connectivity index (χ1) is 4.92. The Balaban J connectivity index is 3.54. The fraction of sp³-hybridized carbons (Fsp3) is 0.625. The highest BCUT2D eigenvalue weighted by atomic mass is 16.4.